The van der Waals surface area contributed by atoms with Crippen molar-refractivity contribution in [2.75, 3.05) is 10.2 Å². The van der Waals surface area contributed by atoms with Crippen molar-refractivity contribution >= 4 is 34.8 Å². The number of nitro benzene ring substituents is 1. The molecule has 0 aromatic heterocycles. The minimum Gasteiger partial charge on any atom is -0.326 e. The molecule has 1 heterocycles. The molecule has 3 aliphatic carbocycles. The number of fused-ring (bicyclic) bond motifs is 1. The quantitative estimate of drug-likeness (QED) is 0.337. The minimum atomic E-state index is -0.501. The van der Waals surface area contributed by atoms with Gasteiger partial charge >= 0.3 is 0 Å². The Morgan fingerprint density at radius 1 is 0.938 bits per heavy atom. The lowest BCUT2D eigenvalue weighted by Gasteiger charge is -2.38. The van der Waals surface area contributed by atoms with Gasteiger partial charge in [-0.25, -0.2) is 0 Å². The number of allylic oxidation sites excluding steroid dienone is 2. The normalized spacial score (nSPS) is 25.7. The maximum absolute atomic E-state index is 13.0. The van der Waals surface area contributed by atoms with E-state index in [2.05, 4.69) is 17.5 Å². The number of amides is 3. The van der Waals surface area contributed by atoms with E-state index < -0.39 is 4.92 Å². The molecule has 4 aliphatic rings. The molecule has 8 heteroatoms. The van der Waals surface area contributed by atoms with E-state index in [0.29, 0.717) is 11.4 Å². The lowest BCUT2D eigenvalue weighted by molar-refractivity contribution is -0.384. The number of anilines is 2. The van der Waals surface area contributed by atoms with Crippen LogP contribution >= 0.6 is 0 Å². The van der Waals surface area contributed by atoms with Gasteiger partial charge < -0.3 is 5.32 Å². The minimum absolute atomic E-state index is 0.0479. The van der Waals surface area contributed by atoms with Gasteiger partial charge in [0.25, 0.3) is 5.69 Å². The number of carbonyl (C=O) groups excluding carboxylic acids is 3. The number of carbonyl (C=O) groups is 3. The van der Waals surface area contributed by atoms with Crippen LogP contribution in [-0.2, 0) is 20.8 Å². The maximum Gasteiger partial charge on any atom is 0.269 e. The predicted molar refractivity (Wildman–Crippen MR) is 117 cm³/mol. The number of hydrogen-bond acceptors (Lipinski definition) is 5. The predicted octanol–water partition coefficient (Wildman–Crippen LogP) is 3.48. The molecule has 0 spiro atoms. The van der Waals surface area contributed by atoms with Crippen LogP contribution in [0.1, 0.15) is 18.4 Å². The highest BCUT2D eigenvalue weighted by atomic mass is 16.6. The zero-order valence-electron chi connectivity index (χ0n) is 17.1. The van der Waals surface area contributed by atoms with Crippen LogP contribution in [0.4, 0.5) is 17.1 Å². The van der Waals surface area contributed by atoms with Crippen LogP contribution in [-0.4, -0.2) is 22.6 Å². The molecule has 3 amide bonds. The van der Waals surface area contributed by atoms with Gasteiger partial charge in [0.2, 0.25) is 17.7 Å². The van der Waals surface area contributed by atoms with Crippen molar-refractivity contribution in [2.45, 2.75) is 19.3 Å². The standard InChI is InChI=1S/C24H21N3O5/c28-20(25-17-7-11-19(12-8-17)27(31)32)13-14-1-9-18(10-2-14)26-23(29)21-15-3-4-16(6-5-15)22(21)24(26)30/h1-4,7-12,15-16,21-22H,5-6,13H2,(H,25,28). The van der Waals surface area contributed by atoms with E-state index in [1.165, 1.54) is 29.2 Å². The average molecular weight is 431 g/mol. The van der Waals surface area contributed by atoms with Crippen LogP contribution < -0.4 is 10.2 Å². The molecule has 2 fully saturated rings. The summed E-state index contributed by atoms with van der Waals surface area (Å²) in [6.45, 7) is 0. The van der Waals surface area contributed by atoms with Gasteiger partial charge in [-0.1, -0.05) is 24.3 Å². The van der Waals surface area contributed by atoms with Crippen molar-refractivity contribution < 1.29 is 19.3 Å². The third-order valence-electron chi connectivity index (χ3n) is 6.68. The highest BCUT2D eigenvalue weighted by Gasteiger charge is 2.56. The molecule has 1 N–H and O–H groups in total. The third kappa shape index (κ3) is 3.37. The molecule has 1 saturated heterocycles. The Morgan fingerprint density at radius 2 is 1.50 bits per heavy atom. The molecule has 2 aromatic carbocycles. The van der Waals surface area contributed by atoms with Gasteiger partial charge in [-0.05, 0) is 54.5 Å². The summed E-state index contributed by atoms with van der Waals surface area (Å²) >= 11 is 0. The molecule has 4 atom stereocenters. The first-order valence-corrected chi connectivity index (χ1v) is 10.6. The first-order chi connectivity index (χ1) is 15.4. The van der Waals surface area contributed by atoms with Crippen LogP contribution in [0.25, 0.3) is 0 Å². The fourth-order valence-electron chi connectivity index (χ4n) is 5.15. The van der Waals surface area contributed by atoms with E-state index >= 15 is 0 Å². The summed E-state index contributed by atoms with van der Waals surface area (Å²) in [5, 5.41) is 13.4. The Hall–Kier alpha value is -3.81. The summed E-state index contributed by atoms with van der Waals surface area (Å²) in [5.74, 6) is -0.724. The van der Waals surface area contributed by atoms with Crippen molar-refractivity contribution in [3.63, 3.8) is 0 Å². The summed E-state index contributed by atoms with van der Waals surface area (Å²) in [7, 11) is 0. The summed E-state index contributed by atoms with van der Waals surface area (Å²) in [6.07, 6.45) is 6.20. The summed E-state index contributed by atoms with van der Waals surface area (Å²) < 4.78 is 0. The second kappa shape index (κ2) is 7.71. The van der Waals surface area contributed by atoms with Crippen LogP contribution in [0.15, 0.2) is 60.7 Å². The molecule has 2 aromatic rings. The number of non-ortho nitro benzene ring substituents is 1. The topological polar surface area (TPSA) is 110 Å². The van der Waals surface area contributed by atoms with Gasteiger partial charge in [-0.2, -0.15) is 0 Å². The van der Waals surface area contributed by atoms with Gasteiger partial charge in [-0.3, -0.25) is 29.4 Å². The van der Waals surface area contributed by atoms with Crippen molar-refractivity contribution in [3.8, 4) is 0 Å². The molecule has 6 rings (SSSR count). The monoisotopic (exact) mass is 431 g/mol. The molecule has 2 bridgehead atoms. The van der Waals surface area contributed by atoms with E-state index in [4.69, 9.17) is 0 Å². The largest absolute Gasteiger partial charge is 0.326 e. The summed E-state index contributed by atoms with van der Waals surface area (Å²) in [6, 6.07) is 12.5. The molecule has 162 valence electrons. The van der Waals surface area contributed by atoms with Crippen molar-refractivity contribution in [1.29, 1.82) is 0 Å². The summed E-state index contributed by atoms with van der Waals surface area (Å²) in [4.78, 5) is 49.9. The number of hydrogen-bond donors (Lipinski definition) is 1. The Morgan fingerprint density at radius 3 is 2.00 bits per heavy atom. The first kappa shape index (κ1) is 20.1. The van der Waals surface area contributed by atoms with E-state index in [0.717, 1.165) is 18.4 Å². The van der Waals surface area contributed by atoms with Crippen LogP contribution in [0, 0.1) is 33.8 Å². The number of nitrogens with one attached hydrogen (secondary N) is 1. The van der Waals surface area contributed by atoms with E-state index in [9.17, 15) is 24.5 Å². The number of rotatable bonds is 5. The lowest BCUT2D eigenvalue weighted by Crippen LogP contribution is -2.38. The van der Waals surface area contributed by atoms with Crippen molar-refractivity contribution in [3.05, 3.63) is 76.4 Å². The zero-order chi connectivity index (χ0) is 22.4. The van der Waals surface area contributed by atoms with Gasteiger partial charge in [0.15, 0.2) is 0 Å². The highest BCUT2D eigenvalue weighted by Crippen LogP contribution is 2.50. The van der Waals surface area contributed by atoms with Crippen LogP contribution in [0.3, 0.4) is 0 Å². The molecule has 1 aliphatic heterocycles. The van der Waals surface area contributed by atoms with Gasteiger partial charge in [0, 0.05) is 17.8 Å². The second-order valence-corrected chi connectivity index (χ2v) is 8.55. The molecule has 0 radical (unpaired) electrons. The Bertz CT molecular complexity index is 1110. The molecule has 4 unspecified atom stereocenters. The van der Waals surface area contributed by atoms with Crippen LogP contribution in [0.2, 0.25) is 0 Å². The highest BCUT2D eigenvalue weighted by molar-refractivity contribution is 6.22. The first-order valence-electron chi connectivity index (χ1n) is 10.6. The molecule has 1 saturated carbocycles. The SMILES string of the molecule is O=C(Cc1ccc(N2C(=O)C3C4C=CC(CC4)C3C2=O)cc1)Nc1ccc([N+](=O)[O-])cc1. The Labute approximate surface area is 184 Å². The van der Waals surface area contributed by atoms with E-state index in [1.807, 2.05) is 0 Å². The third-order valence-corrected chi connectivity index (χ3v) is 6.68. The second-order valence-electron chi connectivity index (χ2n) is 8.55. The van der Waals surface area contributed by atoms with E-state index in [-0.39, 0.29) is 53.5 Å². The van der Waals surface area contributed by atoms with E-state index in [1.54, 1.807) is 24.3 Å². The zero-order valence-corrected chi connectivity index (χ0v) is 17.1. The van der Waals surface area contributed by atoms with Crippen molar-refractivity contribution in [2.24, 2.45) is 23.7 Å². The van der Waals surface area contributed by atoms with Crippen LogP contribution in [0.5, 0.6) is 0 Å². The fourth-order valence-corrected chi connectivity index (χ4v) is 5.15. The van der Waals surface area contributed by atoms with Gasteiger partial charge in [0.05, 0.1) is 28.9 Å². The van der Waals surface area contributed by atoms with Gasteiger partial charge in [0.1, 0.15) is 0 Å². The maximum atomic E-state index is 13.0. The number of benzene rings is 2. The van der Waals surface area contributed by atoms with Crippen molar-refractivity contribution in [1.82, 2.24) is 0 Å². The Kier molecular flexibility index (Phi) is 4.84. The number of nitrogens with zero attached hydrogens (tertiary/aromatic N) is 2. The lowest BCUT2D eigenvalue weighted by atomic mass is 9.63. The average Bonchev–Trinajstić information content (AvgIpc) is 3.08. The smallest absolute Gasteiger partial charge is 0.269 e. The molecular formula is C24H21N3O5. The Balaban J connectivity index is 1.25. The fraction of sp³-hybridized carbons (Fsp3) is 0.292. The number of imide groups is 1. The molecule has 32 heavy (non-hydrogen) atoms. The summed E-state index contributed by atoms with van der Waals surface area (Å²) in [5.41, 5.74) is 1.68. The molecular weight excluding hydrogens is 410 g/mol. The van der Waals surface area contributed by atoms with Gasteiger partial charge in [-0.15, -0.1) is 0 Å². The molecule has 8 nitrogen and oxygen atoms in total. The number of nitro groups is 1.